The van der Waals surface area contributed by atoms with E-state index in [2.05, 4.69) is 9.97 Å². The van der Waals surface area contributed by atoms with Crippen molar-refractivity contribution in [3.63, 3.8) is 0 Å². The Morgan fingerprint density at radius 1 is 1.17 bits per heavy atom. The molecule has 0 aliphatic heterocycles. The first-order valence-electron chi connectivity index (χ1n) is 5.44. The van der Waals surface area contributed by atoms with Crippen LogP contribution in [0.3, 0.4) is 0 Å². The number of hydrogen-bond donors (Lipinski definition) is 1. The number of anilines is 1. The van der Waals surface area contributed by atoms with Crippen molar-refractivity contribution < 1.29 is 0 Å². The van der Waals surface area contributed by atoms with E-state index in [1.54, 1.807) is 0 Å². The molecule has 0 saturated heterocycles. The highest BCUT2D eigenvalue weighted by atomic mass is 35.5. The van der Waals surface area contributed by atoms with Gasteiger partial charge in [-0.1, -0.05) is 23.7 Å². The number of nitrogens with zero attached hydrogens (tertiary/aromatic N) is 2. The summed E-state index contributed by atoms with van der Waals surface area (Å²) in [6.07, 6.45) is 0. The Hall–Kier alpha value is -1.65. The SMILES string of the molecule is Cc1cccc2nc(-c3ccc(Cl)s3)nc(N)c12. The molecule has 90 valence electrons. The summed E-state index contributed by atoms with van der Waals surface area (Å²) in [6, 6.07) is 9.66. The van der Waals surface area contributed by atoms with Crippen LogP contribution in [0.4, 0.5) is 5.82 Å². The third kappa shape index (κ3) is 1.83. The summed E-state index contributed by atoms with van der Waals surface area (Å²) in [5, 5.41) is 0.920. The highest BCUT2D eigenvalue weighted by Crippen LogP contribution is 2.31. The lowest BCUT2D eigenvalue weighted by molar-refractivity contribution is 1.24. The maximum atomic E-state index is 6.02. The molecule has 1 aromatic carbocycles. The van der Waals surface area contributed by atoms with E-state index in [-0.39, 0.29) is 0 Å². The Bertz CT molecular complexity index is 736. The van der Waals surface area contributed by atoms with Crippen LogP contribution in [0, 0.1) is 6.92 Å². The molecule has 3 rings (SSSR count). The van der Waals surface area contributed by atoms with Gasteiger partial charge >= 0.3 is 0 Å². The number of rotatable bonds is 1. The third-order valence-corrected chi connectivity index (χ3v) is 3.98. The molecule has 0 amide bonds. The number of fused-ring (bicyclic) bond motifs is 1. The Balaban J connectivity index is 2.28. The topological polar surface area (TPSA) is 51.8 Å². The van der Waals surface area contributed by atoms with Gasteiger partial charge in [0, 0.05) is 5.39 Å². The molecule has 2 heterocycles. The highest BCUT2D eigenvalue weighted by molar-refractivity contribution is 7.19. The second kappa shape index (κ2) is 4.23. The lowest BCUT2D eigenvalue weighted by Gasteiger charge is -2.06. The van der Waals surface area contributed by atoms with E-state index in [1.165, 1.54) is 11.3 Å². The van der Waals surface area contributed by atoms with Gasteiger partial charge in [0.2, 0.25) is 0 Å². The molecular formula is C13H10ClN3S. The summed E-state index contributed by atoms with van der Waals surface area (Å²) in [4.78, 5) is 9.83. The van der Waals surface area contributed by atoms with Crippen molar-refractivity contribution in [2.24, 2.45) is 0 Å². The normalized spacial score (nSPS) is 11.0. The van der Waals surface area contributed by atoms with Gasteiger partial charge in [-0.05, 0) is 30.7 Å². The highest BCUT2D eigenvalue weighted by Gasteiger charge is 2.10. The molecule has 0 aliphatic carbocycles. The average molecular weight is 276 g/mol. The maximum Gasteiger partial charge on any atom is 0.172 e. The molecule has 0 fully saturated rings. The predicted octanol–water partition coefficient (Wildman–Crippen LogP) is 3.90. The minimum absolute atomic E-state index is 0.512. The van der Waals surface area contributed by atoms with Crippen LogP contribution in [0.15, 0.2) is 30.3 Å². The Morgan fingerprint density at radius 2 is 2.00 bits per heavy atom. The van der Waals surface area contributed by atoms with Crippen LogP contribution in [-0.4, -0.2) is 9.97 Å². The van der Waals surface area contributed by atoms with Crippen molar-refractivity contribution in [3.05, 3.63) is 40.2 Å². The van der Waals surface area contributed by atoms with Crippen molar-refractivity contribution in [3.8, 4) is 10.7 Å². The van der Waals surface area contributed by atoms with Crippen molar-refractivity contribution in [2.75, 3.05) is 5.73 Å². The van der Waals surface area contributed by atoms with Gasteiger partial charge < -0.3 is 5.73 Å². The first-order chi connectivity index (χ1) is 8.65. The standard InChI is InChI=1S/C13H10ClN3S/c1-7-3-2-4-8-11(7)12(15)17-13(16-8)9-5-6-10(14)18-9/h2-6H,1H3,(H2,15,16,17). The van der Waals surface area contributed by atoms with Gasteiger partial charge in [0.25, 0.3) is 0 Å². The van der Waals surface area contributed by atoms with Crippen LogP contribution < -0.4 is 5.73 Å². The van der Waals surface area contributed by atoms with E-state index in [4.69, 9.17) is 17.3 Å². The smallest absolute Gasteiger partial charge is 0.172 e. The van der Waals surface area contributed by atoms with Gasteiger partial charge in [-0.15, -0.1) is 11.3 Å². The molecule has 0 atom stereocenters. The number of halogens is 1. The molecular weight excluding hydrogens is 266 g/mol. The maximum absolute atomic E-state index is 6.02. The van der Waals surface area contributed by atoms with Crippen molar-refractivity contribution in [1.82, 2.24) is 9.97 Å². The molecule has 3 aromatic rings. The predicted molar refractivity (Wildman–Crippen MR) is 77.0 cm³/mol. The van der Waals surface area contributed by atoms with Gasteiger partial charge in [0.05, 0.1) is 14.7 Å². The molecule has 0 bridgehead atoms. The summed E-state index contributed by atoms with van der Waals surface area (Å²) in [6.45, 7) is 2.00. The second-order valence-corrected chi connectivity index (χ2v) is 5.72. The molecule has 5 heteroatoms. The number of nitrogens with two attached hydrogens (primary N) is 1. The quantitative estimate of drug-likeness (QED) is 0.733. The minimum atomic E-state index is 0.512. The van der Waals surface area contributed by atoms with Gasteiger partial charge in [0.1, 0.15) is 5.82 Å². The summed E-state index contributed by atoms with van der Waals surface area (Å²) < 4.78 is 0.719. The lowest BCUT2D eigenvalue weighted by atomic mass is 10.1. The van der Waals surface area contributed by atoms with Crippen molar-refractivity contribution in [2.45, 2.75) is 6.92 Å². The van der Waals surface area contributed by atoms with E-state index in [0.717, 1.165) is 25.7 Å². The summed E-state index contributed by atoms with van der Waals surface area (Å²) >= 11 is 7.37. The lowest BCUT2D eigenvalue weighted by Crippen LogP contribution is -1.98. The Kier molecular flexibility index (Phi) is 2.69. The molecule has 0 spiro atoms. The fraction of sp³-hybridized carbons (Fsp3) is 0.0769. The third-order valence-electron chi connectivity index (χ3n) is 2.75. The van der Waals surface area contributed by atoms with Crippen LogP contribution in [0.25, 0.3) is 21.6 Å². The minimum Gasteiger partial charge on any atom is -0.383 e. The summed E-state index contributed by atoms with van der Waals surface area (Å²) in [5.41, 5.74) is 7.97. The zero-order valence-corrected chi connectivity index (χ0v) is 11.2. The van der Waals surface area contributed by atoms with Crippen LogP contribution in [-0.2, 0) is 0 Å². The number of nitrogen functional groups attached to an aromatic ring is 1. The summed E-state index contributed by atoms with van der Waals surface area (Å²) in [5.74, 6) is 1.14. The van der Waals surface area contributed by atoms with E-state index < -0.39 is 0 Å². The van der Waals surface area contributed by atoms with Gasteiger partial charge in [-0.3, -0.25) is 0 Å². The van der Waals surface area contributed by atoms with E-state index in [9.17, 15) is 0 Å². The molecule has 0 aliphatic rings. The van der Waals surface area contributed by atoms with Gasteiger partial charge in [-0.2, -0.15) is 0 Å². The van der Waals surface area contributed by atoms with Crippen molar-refractivity contribution >= 4 is 39.7 Å². The zero-order valence-electron chi connectivity index (χ0n) is 9.64. The zero-order chi connectivity index (χ0) is 12.7. The second-order valence-electron chi connectivity index (χ2n) is 4.01. The molecule has 3 nitrogen and oxygen atoms in total. The molecule has 2 N–H and O–H groups in total. The molecule has 18 heavy (non-hydrogen) atoms. The fourth-order valence-electron chi connectivity index (χ4n) is 1.93. The number of thiophene rings is 1. The fourth-order valence-corrected chi connectivity index (χ4v) is 2.91. The Morgan fingerprint density at radius 3 is 2.72 bits per heavy atom. The molecule has 2 aromatic heterocycles. The van der Waals surface area contributed by atoms with Crippen LogP contribution in [0.1, 0.15) is 5.56 Å². The number of hydrogen-bond acceptors (Lipinski definition) is 4. The van der Waals surface area contributed by atoms with E-state index in [1.807, 2.05) is 37.3 Å². The summed E-state index contributed by atoms with van der Waals surface area (Å²) in [7, 11) is 0. The van der Waals surface area contributed by atoms with E-state index >= 15 is 0 Å². The average Bonchev–Trinajstić information content (AvgIpc) is 2.75. The number of benzene rings is 1. The first-order valence-corrected chi connectivity index (χ1v) is 6.63. The molecule has 0 radical (unpaired) electrons. The van der Waals surface area contributed by atoms with Crippen LogP contribution in [0.5, 0.6) is 0 Å². The number of aromatic nitrogens is 2. The van der Waals surface area contributed by atoms with Crippen LogP contribution in [0.2, 0.25) is 4.34 Å². The van der Waals surface area contributed by atoms with E-state index in [0.29, 0.717) is 11.6 Å². The molecule has 0 unspecified atom stereocenters. The van der Waals surface area contributed by atoms with Crippen molar-refractivity contribution in [1.29, 1.82) is 0 Å². The Labute approximate surface area is 113 Å². The van der Waals surface area contributed by atoms with Gasteiger partial charge in [0.15, 0.2) is 5.82 Å². The largest absolute Gasteiger partial charge is 0.383 e. The molecule has 0 saturated carbocycles. The number of aryl methyl sites for hydroxylation is 1. The van der Waals surface area contributed by atoms with Crippen LogP contribution >= 0.6 is 22.9 Å². The first kappa shape index (κ1) is 11.4. The monoisotopic (exact) mass is 275 g/mol. The van der Waals surface area contributed by atoms with Gasteiger partial charge in [-0.25, -0.2) is 9.97 Å².